The average Bonchev–Trinajstić information content (AvgIpc) is 2.48. The van der Waals surface area contributed by atoms with Gasteiger partial charge in [-0.2, -0.15) is 0 Å². The Balaban J connectivity index is 1.45. The normalized spacial score (nSPS) is 31.2. The summed E-state index contributed by atoms with van der Waals surface area (Å²) in [5, 5.41) is 0. The number of amides is 1. The smallest absolute Gasteiger partial charge is 0.222 e. The Morgan fingerprint density at radius 1 is 1.04 bits per heavy atom. The molecule has 0 radical (unpaired) electrons. The molecule has 132 valence electrons. The molecule has 3 aliphatic rings. The second-order valence-electron chi connectivity index (χ2n) is 7.86. The van der Waals surface area contributed by atoms with Crippen molar-refractivity contribution in [2.24, 2.45) is 17.8 Å². The molecular weight excluding hydrogens is 312 g/mol. The van der Waals surface area contributed by atoms with E-state index in [9.17, 15) is 13.2 Å². The largest absolute Gasteiger partial charge is 0.342 e. The van der Waals surface area contributed by atoms with Crippen LogP contribution in [0.1, 0.15) is 51.9 Å². The summed E-state index contributed by atoms with van der Waals surface area (Å²) in [4.78, 5) is 13.9. The number of carbonyl (C=O) groups excluding carboxylic acids is 1. The zero-order valence-electron chi connectivity index (χ0n) is 14.2. The van der Waals surface area contributed by atoms with E-state index in [0.717, 1.165) is 51.6 Å². The number of nitrogens with zero attached hydrogens (tertiary/aromatic N) is 2. The van der Waals surface area contributed by atoms with Gasteiger partial charge in [0.05, 0.1) is 5.75 Å². The summed E-state index contributed by atoms with van der Waals surface area (Å²) in [5.41, 5.74) is 0. The molecule has 0 aromatic carbocycles. The lowest BCUT2D eigenvalue weighted by molar-refractivity contribution is -0.134. The van der Waals surface area contributed by atoms with Crippen LogP contribution in [0, 0.1) is 17.8 Å². The van der Waals surface area contributed by atoms with Crippen LogP contribution in [-0.2, 0) is 14.8 Å². The minimum absolute atomic E-state index is 0.283. The van der Waals surface area contributed by atoms with Crippen molar-refractivity contribution >= 4 is 15.9 Å². The number of likely N-dealkylation sites (tertiary alicyclic amines) is 1. The van der Waals surface area contributed by atoms with Gasteiger partial charge in [-0.1, -0.05) is 6.92 Å². The molecule has 3 fully saturated rings. The lowest BCUT2D eigenvalue weighted by Crippen LogP contribution is -2.45. The monoisotopic (exact) mass is 342 g/mol. The summed E-state index contributed by atoms with van der Waals surface area (Å²) in [6, 6.07) is 0. The lowest BCUT2D eigenvalue weighted by atomic mass is 9.77. The first-order valence-electron chi connectivity index (χ1n) is 9.19. The van der Waals surface area contributed by atoms with Crippen LogP contribution in [0.3, 0.4) is 0 Å². The van der Waals surface area contributed by atoms with Crippen molar-refractivity contribution in [2.45, 2.75) is 51.9 Å². The predicted molar refractivity (Wildman–Crippen MR) is 90.4 cm³/mol. The summed E-state index contributed by atoms with van der Waals surface area (Å²) < 4.78 is 26.7. The number of hydrogen-bond donors (Lipinski definition) is 0. The standard InChI is InChI=1S/C17H30N2O3S/c1-14-10-16(11-14)13-23(21,22)19-8-5-15(6-9-19)12-18-7-3-2-4-17(18)20/h14-16H,2-13H2,1H3. The quantitative estimate of drug-likeness (QED) is 0.769. The van der Waals surface area contributed by atoms with Gasteiger partial charge in [0.15, 0.2) is 0 Å². The molecule has 2 heterocycles. The number of piperidine rings is 2. The molecule has 5 nitrogen and oxygen atoms in total. The number of carbonyl (C=O) groups is 1. The minimum Gasteiger partial charge on any atom is -0.342 e. The van der Waals surface area contributed by atoms with Crippen LogP contribution >= 0.6 is 0 Å². The van der Waals surface area contributed by atoms with E-state index in [2.05, 4.69) is 6.92 Å². The van der Waals surface area contributed by atoms with Gasteiger partial charge in [0, 0.05) is 32.6 Å². The van der Waals surface area contributed by atoms with E-state index in [0.29, 0.717) is 43.0 Å². The van der Waals surface area contributed by atoms with Crippen LogP contribution in [0.25, 0.3) is 0 Å². The third kappa shape index (κ3) is 4.27. The maximum Gasteiger partial charge on any atom is 0.222 e. The molecule has 0 aromatic rings. The number of rotatable bonds is 5. The SMILES string of the molecule is CC1CC(CS(=O)(=O)N2CCC(CN3CCCCC3=O)CC2)C1. The van der Waals surface area contributed by atoms with Crippen LogP contribution in [0.15, 0.2) is 0 Å². The molecule has 6 heteroatoms. The fourth-order valence-electron chi connectivity index (χ4n) is 4.34. The number of hydrogen-bond acceptors (Lipinski definition) is 3. The van der Waals surface area contributed by atoms with Gasteiger partial charge in [-0.15, -0.1) is 0 Å². The molecule has 0 N–H and O–H groups in total. The molecule has 0 bridgehead atoms. The molecule has 23 heavy (non-hydrogen) atoms. The van der Waals surface area contributed by atoms with Crippen LogP contribution in [0.2, 0.25) is 0 Å². The molecule has 0 atom stereocenters. The van der Waals surface area contributed by atoms with E-state index in [4.69, 9.17) is 0 Å². The third-order valence-electron chi connectivity index (χ3n) is 5.78. The third-order valence-corrected chi connectivity index (χ3v) is 7.83. The molecule has 0 spiro atoms. The molecule has 1 aliphatic carbocycles. The highest BCUT2D eigenvalue weighted by molar-refractivity contribution is 7.89. The highest BCUT2D eigenvalue weighted by atomic mass is 32.2. The first-order chi connectivity index (χ1) is 10.9. The Labute approximate surface area is 140 Å². The second kappa shape index (κ2) is 7.09. The fourth-order valence-corrected chi connectivity index (χ4v) is 6.19. The van der Waals surface area contributed by atoms with Crippen LogP contribution < -0.4 is 0 Å². The van der Waals surface area contributed by atoms with Crippen molar-refractivity contribution < 1.29 is 13.2 Å². The summed E-state index contributed by atoms with van der Waals surface area (Å²) in [7, 11) is -3.08. The first kappa shape index (κ1) is 17.2. The topological polar surface area (TPSA) is 57.7 Å². The van der Waals surface area contributed by atoms with Crippen LogP contribution in [0.4, 0.5) is 0 Å². The van der Waals surface area contributed by atoms with E-state index < -0.39 is 10.0 Å². The van der Waals surface area contributed by atoms with Gasteiger partial charge in [-0.05, 0) is 56.3 Å². The van der Waals surface area contributed by atoms with Gasteiger partial charge in [0.1, 0.15) is 0 Å². The molecule has 1 amide bonds. The van der Waals surface area contributed by atoms with Crippen LogP contribution in [0.5, 0.6) is 0 Å². The fraction of sp³-hybridized carbons (Fsp3) is 0.941. The Bertz CT molecular complexity index is 520. The Morgan fingerprint density at radius 2 is 1.74 bits per heavy atom. The molecule has 2 saturated heterocycles. The Kier molecular flexibility index (Phi) is 5.31. The van der Waals surface area contributed by atoms with E-state index in [1.807, 2.05) is 4.90 Å². The van der Waals surface area contributed by atoms with Gasteiger partial charge in [0.25, 0.3) is 0 Å². The van der Waals surface area contributed by atoms with Gasteiger partial charge in [-0.3, -0.25) is 4.79 Å². The van der Waals surface area contributed by atoms with Crippen LogP contribution in [-0.4, -0.2) is 55.5 Å². The molecule has 0 aromatic heterocycles. The molecule has 2 aliphatic heterocycles. The maximum absolute atomic E-state index is 12.5. The van der Waals surface area contributed by atoms with Gasteiger partial charge < -0.3 is 4.90 Å². The summed E-state index contributed by atoms with van der Waals surface area (Å²) in [6.45, 7) is 5.18. The van der Waals surface area contributed by atoms with Crippen molar-refractivity contribution in [3.8, 4) is 0 Å². The summed E-state index contributed by atoms with van der Waals surface area (Å²) in [5.74, 6) is 2.16. The molecular formula is C17H30N2O3S. The lowest BCUT2D eigenvalue weighted by Gasteiger charge is -2.37. The second-order valence-corrected chi connectivity index (χ2v) is 9.87. The molecule has 0 unspecified atom stereocenters. The number of sulfonamides is 1. The summed E-state index contributed by atoms with van der Waals surface area (Å²) in [6.07, 6.45) is 6.73. The average molecular weight is 343 g/mol. The predicted octanol–water partition coefficient (Wildman–Crippen LogP) is 2.09. The summed E-state index contributed by atoms with van der Waals surface area (Å²) >= 11 is 0. The van der Waals surface area contributed by atoms with Crippen molar-refractivity contribution in [2.75, 3.05) is 31.9 Å². The zero-order valence-corrected chi connectivity index (χ0v) is 15.1. The minimum atomic E-state index is -3.08. The van der Waals surface area contributed by atoms with Gasteiger partial charge in [-0.25, -0.2) is 12.7 Å². The van der Waals surface area contributed by atoms with Crippen molar-refractivity contribution in [3.63, 3.8) is 0 Å². The van der Waals surface area contributed by atoms with Gasteiger partial charge in [0.2, 0.25) is 15.9 Å². The molecule has 3 rings (SSSR count). The molecule has 1 saturated carbocycles. The highest BCUT2D eigenvalue weighted by Crippen LogP contribution is 2.35. The van der Waals surface area contributed by atoms with Crippen molar-refractivity contribution in [1.29, 1.82) is 0 Å². The Hall–Kier alpha value is -0.620. The van der Waals surface area contributed by atoms with E-state index in [1.54, 1.807) is 4.31 Å². The Morgan fingerprint density at radius 3 is 2.35 bits per heavy atom. The van der Waals surface area contributed by atoms with E-state index in [-0.39, 0.29) is 5.91 Å². The zero-order chi connectivity index (χ0) is 16.4. The highest BCUT2D eigenvalue weighted by Gasteiger charge is 2.35. The maximum atomic E-state index is 12.5. The first-order valence-corrected chi connectivity index (χ1v) is 10.8. The van der Waals surface area contributed by atoms with Crippen molar-refractivity contribution in [1.82, 2.24) is 9.21 Å². The van der Waals surface area contributed by atoms with Gasteiger partial charge >= 0.3 is 0 Å². The van der Waals surface area contributed by atoms with E-state index >= 15 is 0 Å². The van der Waals surface area contributed by atoms with Crippen molar-refractivity contribution in [3.05, 3.63) is 0 Å². The van der Waals surface area contributed by atoms with E-state index in [1.165, 1.54) is 0 Å².